The molecule has 0 N–H and O–H groups in total. The highest BCUT2D eigenvalue weighted by Gasteiger charge is 2.33. The Morgan fingerprint density at radius 1 is 1.33 bits per heavy atom. The minimum absolute atomic E-state index is 0.000961. The van der Waals surface area contributed by atoms with E-state index in [0.717, 1.165) is 29.0 Å². The van der Waals surface area contributed by atoms with Crippen molar-refractivity contribution < 1.29 is 27.5 Å². The van der Waals surface area contributed by atoms with E-state index in [1.807, 2.05) is 0 Å². The van der Waals surface area contributed by atoms with Crippen LogP contribution < -0.4 is 4.90 Å². The van der Waals surface area contributed by atoms with Crippen LogP contribution in [0.2, 0.25) is 0 Å². The molecule has 0 spiro atoms. The highest BCUT2D eigenvalue weighted by atomic mass is 19.4. The number of rotatable bonds is 1. The molecule has 0 unspecified atom stereocenters. The van der Waals surface area contributed by atoms with Crippen LogP contribution in [0.25, 0.3) is 0 Å². The Balaban J connectivity index is 2.34. The molecule has 0 fully saturated rings. The molecular weight excluding hydrogens is 289 g/mol. The van der Waals surface area contributed by atoms with E-state index in [1.54, 1.807) is 0 Å². The molecule has 21 heavy (non-hydrogen) atoms. The van der Waals surface area contributed by atoms with Crippen molar-refractivity contribution in [2.45, 2.75) is 6.18 Å². The molecule has 1 heterocycles. The Morgan fingerprint density at radius 2 is 2.05 bits per heavy atom. The zero-order valence-electron chi connectivity index (χ0n) is 10.9. The molecule has 1 aliphatic rings. The van der Waals surface area contributed by atoms with E-state index in [1.165, 1.54) is 24.4 Å². The van der Waals surface area contributed by atoms with E-state index in [2.05, 4.69) is 4.74 Å². The van der Waals surface area contributed by atoms with Crippen LogP contribution in [0.3, 0.4) is 0 Å². The normalized spacial score (nSPS) is 15.3. The lowest BCUT2D eigenvalue weighted by atomic mass is 10.2. The van der Waals surface area contributed by atoms with Gasteiger partial charge in [0.1, 0.15) is 0 Å². The van der Waals surface area contributed by atoms with Gasteiger partial charge >= 0.3 is 18.3 Å². The highest BCUT2D eigenvalue weighted by molar-refractivity contribution is 6.03. The van der Waals surface area contributed by atoms with Crippen molar-refractivity contribution in [2.75, 3.05) is 18.6 Å². The molecule has 0 saturated carbocycles. The van der Waals surface area contributed by atoms with E-state index in [0.29, 0.717) is 0 Å². The third-order valence-corrected chi connectivity index (χ3v) is 2.83. The quantitative estimate of drug-likeness (QED) is 0.800. The first-order valence-corrected chi connectivity index (χ1v) is 5.87. The second-order valence-electron chi connectivity index (χ2n) is 4.17. The van der Waals surface area contributed by atoms with Gasteiger partial charge < -0.3 is 4.74 Å². The number of nitrogens with zero attached hydrogens (tertiary/aromatic N) is 2. The third kappa shape index (κ3) is 2.99. The second kappa shape index (κ2) is 5.47. The molecule has 0 saturated heterocycles. The Kier molecular flexibility index (Phi) is 3.88. The molecule has 2 rings (SSSR count). The Bertz CT molecular complexity index is 599. The lowest BCUT2D eigenvalue weighted by Gasteiger charge is -2.29. The fraction of sp³-hybridized carbons (Fsp3) is 0.231. The third-order valence-electron chi connectivity index (χ3n) is 2.83. The number of urea groups is 1. The van der Waals surface area contributed by atoms with E-state index >= 15 is 0 Å². The van der Waals surface area contributed by atoms with Gasteiger partial charge in [-0.3, -0.25) is 4.90 Å². The Labute approximate surface area is 118 Å². The molecule has 1 aromatic carbocycles. The molecule has 0 aromatic heterocycles. The number of anilines is 1. The van der Waals surface area contributed by atoms with Crippen molar-refractivity contribution >= 4 is 17.8 Å². The average Bonchev–Trinajstić information content (AvgIpc) is 2.46. The number of hydrogen-bond acceptors (Lipinski definition) is 3. The predicted octanol–water partition coefficient (Wildman–Crippen LogP) is 3.23. The molecule has 0 bridgehead atoms. The van der Waals surface area contributed by atoms with E-state index in [-0.39, 0.29) is 12.2 Å². The summed E-state index contributed by atoms with van der Waals surface area (Å²) in [6, 6.07) is 3.50. The summed E-state index contributed by atoms with van der Waals surface area (Å²) >= 11 is 0. The van der Waals surface area contributed by atoms with Crippen molar-refractivity contribution in [1.82, 2.24) is 4.90 Å². The number of benzene rings is 1. The fourth-order valence-corrected chi connectivity index (χ4v) is 1.82. The van der Waals surface area contributed by atoms with Crippen LogP contribution in [0.4, 0.5) is 28.4 Å². The maximum absolute atomic E-state index is 12.7. The standard InChI is InChI=1S/C13H11F3N2O3/c1-21-12(20)18-7-3-6-17(11(18)19)10-5-2-4-9(8-10)13(14,15)16/h2-6,8H,7H2,1H3. The minimum atomic E-state index is -4.51. The number of halogens is 3. The first-order valence-electron chi connectivity index (χ1n) is 5.87. The van der Waals surface area contributed by atoms with Crippen molar-refractivity contribution in [3.05, 3.63) is 42.1 Å². The summed E-state index contributed by atoms with van der Waals surface area (Å²) in [5.74, 6) is 0. The molecule has 0 atom stereocenters. The number of amides is 3. The molecule has 0 aliphatic carbocycles. The van der Waals surface area contributed by atoms with E-state index in [9.17, 15) is 22.8 Å². The van der Waals surface area contributed by atoms with Gasteiger partial charge in [-0.2, -0.15) is 13.2 Å². The Morgan fingerprint density at radius 3 is 2.67 bits per heavy atom. The number of carbonyl (C=O) groups excluding carboxylic acids is 2. The van der Waals surface area contributed by atoms with Crippen LogP contribution in [0, 0.1) is 0 Å². The summed E-state index contributed by atoms with van der Waals surface area (Å²) in [5, 5.41) is 0. The summed E-state index contributed by atoms with van der Waals surface area (Å²) in [7, 11) is 1.11. The summed E-state index contributed by atoms with van der Waals surface area (Å²) < 4.78 is 42.5. The summed E-state index contributed by atoms with van der Waals surface area (Å²) in [4.78, 5) is 25.3. The molecule has 112 valence electrons. The molecule has 3 amide bonds. The molecule has 1 aromatic rings. The number of methoxy groups -OCH3 is 1. The molecule has 1 aliphatic heterocycles. The van der Waals surface area contributed by atoms with Crippen molar-refractivity contribution in [3.63, 3.8) is 0 Å². The largest absolute Gasteiger partial charge is 0.452 e. The van der Waals surface area contributed by atoms with Gasteiger partial charge in [0.15, 0.2) is 0 Å². The van der Waals surface area contributed by atoms with Gasteiger partial charge in [-0.15, -0.1) is 0 Å². The SMILES string of the molecule is COC(=O)N1CC=CN(c2cccc(C(F)(F)F)c2)C1=O. The van der Waals surface area contributed by atoms with Gasteiger partial charge in [0.25, 0.3) is 0 Å². The second-order valence-corrected chi connectivity index (χ2v) is 4.17. The van der Waals surface area contributed by atoms with Gasteiger partial charge in [-0.05, 0) is 24.3 Å². The van der Waals surface area contributed by atoms with Crippen LogP contribution in [-0.2, 0) is 10.9 Å². The number of alkyl halides is 3. The lowest BCUT2D eigenvalue weighted by molar-refractivity contribution is -0.137. The van der Waals surface area contributed by atoms with Crippen LogP contribution in [0.15, 0.2) is 36.5 Å². The van der Waals surface area contributed by atoms with Crippen LogP contribution in [0.1, 0.15) is 5.56 Å². The number of carbonyl (C=O) groups is 2. The molecule has 8 heteroatoms. The van der Waals surface area contributed by atoms with Crippen LogP contribution in [0.5, 0.6) is 0 Å². The maximum Gasteiger partial charge on any atom is 0.418 e. The van der Waals surface area contributed by atoms with E-state index in [4.69, 9.17) is 0 Å². The van der Waals surface area contributed by atoms with Gasteiger partial charge in [0, 0.05) is 6.20 Å². The highest BCUT2D eigenvalue weighted by Crippen LogP contribution is 2.32. The summed E-state index contributed by atoms with van der Waals surface area (Å²) in [6.07, 6.45) is -2.60. The average molecular weight is 300 g/mol. The zero-order valence-corrected chi connectivity index (χ0v) is 10.9. The van der Waals surface area contributed by atoms with Crippen LogP contribution in [-0.4, -0.2) is 30.7 Å². The summed E-state index contributed by atoms with van der Waals surface area (Å²) in [6.45, 7) is 0.000961. The molecule has 0 radical (unpaired) electrons. The van der Waals surface area contributed by atoms with Crippen molar-refractivity contribution in [2.24, 2.45) is 0 Å². The smallest absolute Gasteiger partial charge is 0.418 e. The number of hydrogen-bond donors (Lipinski definition) is 0. The lowest BCUT2D eigenvalue weighted by Crippen LogP contribution is -2.47. The predicted molar refractivity (Wildman–Crippen MR) is 67.6 cm³/mol. The number of ether oxygens (including phenoxy) is 1. The van der Waals surface area contributed by atoms with Gasteiger partial charge in [-0.25, -0.2) is 14.5 Å². The topological polar surface area (TPSA) is 49.9 Å². The van der Waals surface area contributed by atoms with Crippen molar-refractivity contribution in [1.29, 1.82) is 0 Å². The first-order chi connectivity index (χ1) is 9.84. The minimum Gasteiger partial charge on any atom is -0.452 e. The van der Waals surface area contributed by atoms with Crippen LogP contribution >= 0.6 is 0 Å². The van der Waals surface area contributed by atoms with Gasteiger partial charge in [0.2, 0.25) is 0 Å². The van der Waals surface area contributed by atoms with E-state index < -0.39 is 23.9 Å². The Hall–Kier alpha value is -2.51. The molecular formula is C13H11F3N2O3. The zero-order chi connectivity index (χ0) is 15.6. The summed E-state index contributed by atoms with van der Waals surface area (Å²) in [5.41, 5.74) is -0.865. The maximum atomic E-state index is 12.7. The van der Waals surface area contributed by atoms with Gasteiger partial charge in [-0.1, -0.05) is 6.07 Å². The van der Waals surface area contributed by atoms with Gasteiger partial charge in [0.05, 0.1) is 24.9 Å². The van der Waals surface area contributed by atoms with Crippen molar-refractivity contribution in [3.8, 4) is 0 Å². The number of imide groups is 1. The fourth-order valence-electron chi connectivity index (χ4n) is 1.82. The monoisotopic (exact) mass is 300 g/mol. The first kappa shape index (κ1) is 14.9. The molecule has 5 nitrogen and oxygen atoms in total.